The average molecular weight is 414 g/mol. The number of ether oxygens (including phenoxy) is 1. The highest BCUT2D eigenvalue weighted by Crippen LogP contribution is 2.29. The van der Waals surface area contributed by atoms with E-state index in [4.69, 9.17) is 5.11 Å². The molecule has 7 nitrogen and oxygen atoms in total. The quantitative estimate of drug-likeness (QED) is 0.596. The molecule has 9 heteroatoms. The van der Waals surface area contributed by atoms with Gasteiger partial charge in [0.25, 0.3) is 5.91 Å². The number of esters is 1. The Morgan fingerprint density at radius 2 is 1.83 bits per heavy atom. The van der Waals surface area contributed by atoms with Crippen LogP contribution >= 0.6 is 11.8 Å². The molecule has 0 aliphatic carbocycles. The van der Waals surface area contributed by atoms with Crippen molar-refractivity contribution in [3.8, 4) is 0 Å². The lowest BCUT2D eigenvalue weighted by atomic mass is 10.1. The molecule has 1 amide bonds. The summed E-state index contributed by atoms with van der Waals surface area (Å²) >= 11 is 1.02. The number of carbonyl (C=O) groups is 3. The first-order valence-electron chi connectivity index (χ1n) is 8.32. The van der Waals surface area contributed by atoms with Gasteiger partial charge in [-0.05, 0) is 48.0 Å². The molecule has 0 aromatic heterocycles. The van der Waals surface area contributed by atoms with E-state index < -0.39 is 23.7 Å². The summed E-state index contributed by atoms with van der Waals surface area (Å²) in [5, 5.41) is 9.23. The topological polar surface area (TPSA) is 96.3 Å². The molecule has 0 radical (unpaired) electrons. The van der Waals surface area contributed by atoms with Gasteiger partial charge in [-0.1, -0.05) is 23.9 Å². The van der Waals surface area contributed by atoms with Crippen molar-refractivity contribution in [2.24, 2.45) is 4.99 Å². The van der Waals surface area contributed by atoms with E-state index in [1.165, 1.54) is 54.5 Å². The van der Waals surface area contributed by atoms with E-state index in [1.807, 2.05) is 0 Å². The average Bonchev–Trinajstić information content (AvgIpc) is 3.02. The molecule has 1 aliphatic heterocycles. The third kappa shape index (κ3) is 4.69. The SMILES string of the molecule is COC(=O)CSC1=N/C(=C\c2ccc(C(=O)O)cc2)C(=O)N1c1ccc(F)cc1. The number of nitrogens with zero attached hydrogens (tertiary/aromatic N) is 2. The van der Waals surface area contributed by atoms with E-state index in [9.17, 15) is 18.8 Å². The van der Waals surface area contributed by atoms with E-state index in [-0.39, 0.29) is 22.2 Å². The number of hydrogen-bond acceptors (Lipinski definition) is 6. The van der Waals surface area contributed by atoms with Crippen LogP contribution in [0.2, 0.25) is 0 Å². The highest BCUT2D eigenvalue weighted by atomic mass is 32.2. The Morgan fingerprint density at radius 3 is 2.41 bits per heavy atom. The van der Waals surface area contributed by atoms with Crippen molar-refractivity contribution in [2.75, 3.05) is 17.8 Å². The van der Waals surface area contributed by atoms with Gasteiger partial charge in [0.2, 0.25) is 0 Å². The minimum Gasteiger partial charge on any atom is -0.478 e. The number of anilines is 1. The van der Waals surface area contributed by atoms with E-state index >= 15 is 0 Å². The first-order chi connectivity index (χ1) is 13.9. The summed E-state index contributed by atoms with van der Waals surface area (Å²) in [6.45, 7) is 0. The molecule has 0 unspecified atom stereocenters. The molecule has 148 valence electrons. The van der Waals surface area contributed by atoms with Gasteiger partial charge in [0.1, 0.15) is 11.5 Å². The van der Waals surface area contributed by atoms with Gasteiger partial charge in [-0.3, -0.25) is 14.5 Å². The summed E-state index contributed by atoms with van der Waals surface area (Å²) < 4.78 is 17.9. The Labute approximate surface area is 169 Å². The number of amides is 1. The van der Waals surface area contributed by atoms with Crippen molar-refractivity contribution < 1.29 is 28.6 Å². The van der Waals surface area contributed by atoms with E-state index in [2.05, 4.69) is 9.73 Å². The molecule has 0 fully saturated rings. The van der Waals surface area contributed by atoms with Crippen LogP contribution in [0.15, 0.2) is 59.2 Å². The molecular weight excluding hydrogens is 399 g/mol. The van der Waals surface area contributed by atoms with Gasteiger partial charge in [-0.2, -0.15) is 0 Å². The molecule has 1 N–H and O–H groups in total. The lowest BCUT2D eigenvalue weighted by molar-refractivity contribution is -0.137. The van der Waals surface area contributed by atoms with Gasteiger partial charge < -0.3 is 9.84 Å². The van der Waals surface area contributed by atoms with Crippen molar-refractivity contribution in [3.05, 3.63) is 71.2 Å². The number of carbonyl (C=O) groups excluding carboxylic acids is 2. The molecule has 3 rings (SSSR count). The van der Waals surface area contributed by atoms with E-state index in [0.717, 1.165) is 11.8 Å². The predicted octanol–water partition coefficient (Wildman–Crippen LogP) is 3.17. The number of amidine groups is 1. The largest absolute Gasteiger partial charge is 0.478 e. The molecule has 29 heavy (non-hydrogen) atoms. The zero-order chi connectivity index (χ0) is 21.0. The smallest absolute Gasteiger partial charge is 0.335 e. The van der Waals surface area contributed by atoms with Gasteiger partial charge in [0, 0.05) is 0 Å². The van der Waals surface area contributed by atoms with E-state index in [0.29, 0.717) is 11.3 Å². The van der Waals surface area contributed by atoms with Crippen LogP contribution in [0.4, 0.5) is 10.1 Å². The number of rotatable bonds is 5. The molecule has 0 saturated heterocycles. The van der Waals surface area contributed by atoms with Crippen molar-refractivity contribution >= 4 is 46.5 Å². The van der Waals surface area contributed by atoms with Crippen molar-refractivity contribution in [1.82, 2.24) is 0 Å². The number of aliphatic imine (C=N–C) groups is 1. The van der Waals surface area contributed by atoms with Crippen molar-refractivity contribution in [2.45, 2.75) is 0 Å². The maximum Gasteiger partial charge on any atom is 0.335 e. The fourth-order valence-electron chi connectivity index (χ4n) is 2.47. The minimum atomic E-state index is -1.05. The maximum atomic E-state index is 13.3. The molecular formula is C20H15FN2O5S. The number of carboxylic acids is 1. The highest BCUT2D eigenvalue weighted by molar-refractivity contribution is 8.14. The summed E-state index contributed by atoms with van der Waals surface area (Å²) in [4.78, 5) is 41.0. The van der Waals surface area contributed by atoms with E-state index in [1.54, 1.807) is 12.1 Å². The third-order valence-electron chi connectivity index (χ3n) is 3.92. The molecule has 2 aromatic carbocycles. The first-order valence-corrected chi connectivity index (χ1v) is 9.31. The molecule has 0 bridgehead atoms. The highest BCUT2D eigenvalue weighted by Gasteiger charge is 2.32. The number of methoxy groups -OCH3 is 1. The van der Waals surface area contributed by atoms with Crippen LogP contribution in [0.3, 0.4) is 0 Å². The summed E-state index contributed by atoms with van der Waals surface area (Å²) in [5.74, 6) is -2.49. The van der Waals surface area contributed by atoms with Gasteiger partial charge in [-0.25, -0.2) is 14.2 Å². The number of aromatic carboxylic acids is 1. The zero-order valence-corrected chi connectivity index (χ0v) is 16.0. The van der Waals surface area contributed by atoms with Crippen LogP contribution < -0.4 is 4.90 Å². The molecule has 0 saturated carbocycles. The van der Waals surface area contributed by atoms with Gasteiger partial charge in [0.05, 0.1) is 24.1 Å². The van der Waals surface area contributed by atoms with Crippen molar-refractivity contribution in [1.29, 1.82) is 0 Å². The van der Waals surface area contributed by atoms with Crippen LogP contribution in [0.5, 0.6) is 0 Å². The zero-order valence-electron chi connectivity index (χ0n) is 15.2. The molecule has 1 aliphatic rings. The molecule has 0 spiro atoms. The fraction of sp³-hybridized carbons (Fsp3) is 0.100. The summed E-state index contributed by atoms with van der Waals surface area (Å²) in [6, 6.07) is 11.3. The van der Waals surface area contributed by atoms with Gasteiger partial charge >= 0.3 is 11.9 Å². The van der Waals surface area contributed by atoms with Crippen LogP contribution in [0.25, 0.3) is 6.08 Å². The second-order valence-corrected chi connectivity index (χ2v) is 6.78. The standard InChI is InChI=1S/C20H15FN2O5S/c1-28-17(24)11-29-20-22-16(10-12-2-4-13(5-3-12)19(26)27)18(25)23(20)15-8-6-14(21)7-9-15/h2-10H,11H2,1H3,(H,26,27)/b16-10-. The maximum absolute atomic E-state index is 13.3. The lowest BCUT2D eigenvalue weighted by Gasteiger charge is -2.17. The summed E-state index contributed by atoms with van der Waals surface area (Å²) in [5.41, 5.74) is 1.21. The summed E-state index contributed by atoms with van der Waals surface area (Å²) in [6.07, 6.45) is 1.51. The normalized spacial score (nSPS) is 14.8. The Balaban J connectivity index is 1.93. The Kier molecular flexibility index (Phi) is 6.08. The Bertz CT molecular complexity index is 1020. The number of thioether (sulfide) groups is 1. The van der Waals surface area contributed by atoms with Gasteiger partial charge in [-0.15, -0.1) is 0 Å². The number of carboxylic acid groups (broad SMARTS) is 1. The molecule has 1 heterocycles. The minimum absolute atomic E-state index is 0.0547. The third-order valence-corrected chi connectivity index (χ3v) is 4.83. The first kappa shape index (κ1) is 20.3. The van der Waals surface area contributed by atoms with Crippen LogP contribution in [-0.2, 0) is 14.3 Å². The van der Waals surface area contributed by atoms with Crippen LogP contribution in [0, 0.1) is 5.82 Å². The Morgan fingerprint density at radius 1 is 1.17 bits per heavy atom. The Hall–Kier alpha value is -3.46. The number of benzene rings is 2. The molecule has 0 atom stereocenters. The van der Waals surface area contributed by atoms with Crippen LogP contribution in [-0.4, -0.2) is 41.0 Å². The number of hydrogen-bond donors (Lipinski definition) is 1. The second-order valence-electron chi connectivity index (χ2n) is 5.83. The van der Waals surface area contributed by atoms with Crippen LogP contribution in [0.1, 0.15) is 15.9 Å². The predicted molar refractivity (Wildman–Crippen MR) is 107 cm³/mol. The lowest BCUT2D eigenvalue weighted by Crippen LogP contribution is -2.30. The fourth-order valence-corrected chi connectivity index (χ4v) is 3.32. The molecule has 2 aromatic rings. The summed E-state index contributed by atoms with van der Waals surface area (Å²) in [7, 11) is 1.26. The monoisotopic (exact) mass is 414 g/mol. The second kappa shape index (κ2) is 8.70. The number of halogens is 1. The van der Waals surface area contributed by atoms with Crippen molar-refractivity contribution in [3.63, 3.8) is 0 Å². The van der Waals surface area contributed by atoms with Gasteiger partial charge in [0.15, 0.2) is 5.17 Å².